The first-order chi connectivity index (χ1) is 14.6. The lowest BCUT2D eigenvalue weighted by atomic mass is 9.90. The Kier molecular flexibility index (Phi) is 5.43. The number of hydrogen-bond acceptors (Lipinski definition) is 5. The summed E-state index contributed by atoms with van der Waals surface area (Å²) in [6, 6.07) is 3.90. The minimum atomic E-state index is -1.17. The maximum absolute atomic E-state index is 13.4. The number of fused-ring (bicyclic) bond motifs is 1. The number of rotatable bonds is 5. The van der Waals surface area contributed by atoms with Gasteiger partial charge in [-0.3, -0.25) is 14.3 Å². The number of aliphatic carboxylic acids is 1. The van der Waals surface area contributed by atoms with Crippen LogP contribution in [0.5, 0.6) is 0 Å². The molecule has 1 heterocycles. The van der Waals surface area contributed by atoms with E-state index in [1.54, 1.807) is 7.05 Å². The molecule has 0 bridgehead atoms. The molecule has 2 saturated carbocycles. The van der Waals surface area contributed by atoms with Crippen LogP contribution in [0.2, 0.25) is 5.02 Å². The topological polar surface area (TPSA) is 130 Å². The number of carboxylic acid groups (broad SMARTS) is 1. The Morgan fingerprint density at radius 1 is 1.35 bits per heavy atom. The summed E-state index contributed by atoms with van der Waals surface area (Å²) in [7, 11) is 1.66. The zero-order valence-electron chi connectivity index (χ0n) is 16.9. The molecule has 0 radical (unpaired) electrons. The maximum Gasteiger partial charge on any atom is 0.306 e. The summed E-state index contributed by atoms with van der Waals surface area (Å²) in [5, 5.41) is 26.7. The second-order valence-electron chi connectivity index (χ2n) is 8.74. The standard InChI is InChI=1S/C21H24ClFN4O4/c1-27-19(24)17(20(30)25-13-2-3-15(23)14(22)6-13)18(26-27)10-4-11-7-21(31,9-16(28)29)8-12(11)5-10/h2-3,6,10-12,31H,4-5,7-9,24H2,1H3,(H,25,30)(H,28,29). The zero-order valence-corrected chi connectivity index (χ0v) is 17.7. The molecule has 2 aliphatic rings. The summed E-state index contributed by atoms with van der Waals surface area (Å²) in [6.45, 7) is 0. The van der Waals surface area contributed by atoms with Crippen molar-refractivity contribution in [3.8, 4) is 0 Å². The van der Waals surface area contributed by atoms with Crippen LogP contribution in [0.25, 0.3) is 0 Å². The molecule has 2 unspecified atom stereocenters. The van der Waals surface area contributed by atoms with Crippen molar-refractivity contribution in [1.82, 2.24) is 9.78 Å². The first-order valence-electron chi connectivity index (χ1n) is 10.1. The van der Waals surface area contributed by atoms with Gasteiger partial charge in [0.25, 0.3) is 5.91 Å². The van der Waals surface area contributed by atoms with E-state index in [1.807, 2.05) is 0 Å². The number of nitrogens with zero attached hydrogens (tertiary/aromatic N) is 2. The van der Waals surface area contributed by atoms with Crippen LogP contribution in [-0.4, -0.2) is 37.5 Å². The van der Waals surface area contributed by atoms with Gasteiger partial charge in [-0.1, -0.05) is 11.6 Å². The summed E-state index contributed by atoms with van der Waals surface area (Å²) in [5.41, 5.74) is 6.17. The van der Waals surface area contributed by atoms with Crippen LogP contribution >= 0.6 is 11.6 Å². The number of carboxylic acids is 1. The van der Waals surface area contributed by atoms with Crippen molar-refractivity contribution in [2.45, 2.75) is 43.6 Å². The predicted molar refractivity (Wildman–Crippen MR) is 112 cm³/mol. The van der Waals surface area contributed by atoms with Crippen LogP contribution in [0.15, 0.2) is 18.2 Å². The van der Waals surface area contributed by atoms with Gasteiger partial charge < -0.3 is 21.3 Å². The molecule has 10 heteroatoms. The number of carbonyl (C=O) groups is 2. The van der Waals surface area contributed by atoms with Crippen molar-refractivity contribution in [3.63, 3.8) is 0 Å². The molecule has 1 aromatic carbocycles. The second kappa shape index (κ2) is 7.80. The number of benzene rings is 1. The minimum Gasteiger partial charge on any atom is -0.481 e. The van der Waals surface area contributed by atoms with E-state index >= 15 is 0 Å². The van der Waals surface area contributed by atoms with Crippen molar-refractivity contribution in [2.24, 2.45) is 18.9 Å². The number of nitrogens with two attached hydrogens (primary N) is 1. The first kappa shape index (κ1) is 21.6. The van der Waals surface area contributed by atoms with Crippen LogP contribution in [0, 0.1) is 17.7 Å². The highest BCUT2D eigenvalue weighted by molar-refractivity contribution is 6.31. The normalized spacial score (nSPS) is 27.3. The summed E-state index contributed by atoms with van der Waals surface area (Å²) in [4.78, 5) is 24.1. The molecule has 1 aromatic heterocycles. The lowest BCUT2D eigenvalue weighted by Crippen LogP contribution is -2.29. The smallest absolute Gasteiger partial charge is 0.306 e. The highest BCUT2D eigenvalue weighted by atomic mass is 35.5. The number of carbonyl (C=O) groups excluding carboxylic acids is 1. The Morgan fingerprint density at radius 3 is 2.58 bits per heavy atom. The quantitative estimate of drug-likeness (QED) is 0.553. The third-order valence-electron chi connectivity index (χ3n) is 6.52. The van der Waals surface area contributed by atoms with Gasteiger partial charge in [0, 0.05) is 18.7 Å². The Labute approximate surface area is 183 Å². The molecular formula is C21H24ClFN4O4. The van der Waals surface area contributed by atoms with Crippen LogP contribution in [0.3, 0.4) is 0 Å². The Bertz CT molecular complexity index is 1040. The van der Waals surface area contributed by atoms with Gasteiger partial charge in [-0.25, -0.2) is 4.39 Å². The average Bonchev–Trinajstić information content (AvgIpc) is 3.27. The van der Waals surface area contributed by atoms with Crippen molar-refractivity contribution in [3.05, 3.63) is 40.3 Å². The van der Waals surface area contributed by atoms with E-state index in [1.165, 1.54) is 22.9 Å². The zero-order chi connectivity index (χ0) is 22.5. The molecule has 1 amide bonds. The Hall–Kier alpha value is -2.65. The average molecular weight is 451 g/mol. The van der Waals surface area contributed by atoms with Crippen molar-refractivity contribution in [1.29, 1.82) is 0 Å². The Balaban J connectivity index is 1.53. The maximum atomic E-state index is 13.4. The predicted octanol–water partition coefficient (Wildman–Crippen LogP) is 3.16. The lowest BCUT2D eigenvalue weighted by Gasteiger charge is -2.22. The summed E-state index contributed by atoms with van der Waals surface area (Å²) < 4.78 is 14.9. The highest BCUT2D eigenvalue weighted by Crippen LogP contribution is 2.55. The van der Waals surface area contributed by atoms with Gasteiger partial charge in [0.15, 0.2) is 0 Å². The highest BCUT2D eigenvalue weighted by Gasteiger charge is 2.50. The number of nitrogens with one attached hydrogen (secondary N) is 1. The number of aryl methyl sites for hydroxylation is 1. The number of nitrogen functional groups attached to an aromatic ring is 1. The van der Waals surface area contributed by atoms with E-state index in [0.29, 0.717) is 37.1 Å². The first-order valence-corrected chi connectivity index (χ1v) is 10.5. The van der Waals surface area contributed by atoms with Gasteiger partial charge in [0.05, 0.1) is 22.7 Å². The molecule has 4 rings (SSSR count). The molecule has 2 aromatic rings. The summed E-state index contributed by atoms with van der Waals surface area (Å²) >= 11 is 5.80. The van der Waals surface area contributed by atoms with Gasteiger partial charge in [0.1, 0.15) is 17.2 Å². The van der Waals surface area contributed by atoms with Crippen LogP contribution in [-0.2, 0) is 11.8 Å². The van der Waals surface area contributed by atoms with Crippen molar-refractivity contribution in [2.75, 3.05) is 11.1 Å². The van der Waals surface area contributed by atoms with Crippen molar-refractivity contribution >= 4 is 35.0 Å². The molecule has 2 fully saturated rings. The van der Waals surface area contributed by atoms with Gasteiger partial charge >= 0.3 is 5.97 Å². The third kappa shape index (κ3) is 4.12. The number of aromatic nitrogens is 2. The van der Waals surface area contributed by atoms with Crippen LogP contribution in [0.4, 0.5) is 15.9 Å². The number of hydrogen-bond donors (Lipinski definition) is 4. The monoisotopic (exact) mass is 450 g/mol. The van der Waals surface area contributed by atoms with E-state index in [4.69, 9.17) is 22.4 Å². The molecule has 5 N–H and O–H groups in total. The minimum absolute atomic E-state index is 0.0227. The van der Waals surface area contributed by atoms with E-state index < -0.39 is 23.3 Å². The van der Waals surface area contributed by atoms with E-state index in [0.717, 1.165) is 0 Å². The lowest BCUT2D eigenvalue weighted by molar-refractivity contribution is -0.142. The van der Waals surface area contributed by atoms with Crippen LogP contribution in [0.1, 0.15) is 54.1 Å². The number of halogens is 2. The van der Waals surface area contributed by atoms with Crippen molar-refractivity contribution < 1.29 is 24.2 Å². The molecule has 31 heavy (non-hydrogen) atoms. The molecule has 2 atom stereocenters. The largest absolute Gasteiger partial charge is 0.481 e. The van der Waals surface area contributed by atoms with E-state index in [9.17, 15) is 19.1 Å². The van der Waals surface area contributed by atoms with Gasteiger partial charge in [0.2, 0.25) is 0 Å². The van der Waals surface area contributed by atoms with Gasteiger partial charge in [-0.15, -0.1) is 0 Å². The fraction of sp³-hybridized carbons (Fsp3) is 0.476. The molecule has 0 aliphatic heterocycles. The molecule has 0 saturated heterocycles. The number of aliphatic hydroxyl groups is 1. The number of anilines is 2. The van der Waals surface area contributed by atoms with E-state index in [-0.39, 0.29) is 40.6 Å². The fourth-order valence-electron chi connectivity index (χ4n) is 5.26. The Morgan fingerprint density at radius 2 is 2.00 bits per heavy atom. The summed E-state index contributed by atoms with van der Waals surface area (Å²) in [6.07, 6.45) is 2.00. The molecule has 166 valence electrons. The molecule has 8 nitrogen and oxygen atoms in total. The molecular weight excluding hydrogens is 427 g/mol. The SMILES string of the molecule is Cn1nc(C2CC3CC(O)(CC(=O)O)CC3C2)c(C(=O)Nc2ccc(F)c(Cl)c2)c1N. The number of amides is 1. The second-order valence-corrected chi connectivity index (χ2v) is 9.15. The summed E-state index contributed by atoms with van der Waals surface area (Å²) in [5.74, 6) is -1.50. The van der Waals surface area contributed by atoms with E-state index in [2.05, 4.69) is 10.4 Å². The molecule has 0 spiro atoms. The van der Waals surface area contributed by atoms with Gasteiger partial charge in [-0.2, -0.15) is 5.10 Å². The fourth-order valence-corrected chi connectivity index (χ4v) is 5.45. The van der Waals surface area contributed by atoms with Crippen LogP contribution < -0.4 is 11.1 Å². The van der Waals surface area contributed by atoms with Gasteiger partial charge in [-0.05, 0) is 55.7 Å². The molecule has 2 aliphatic carbocycles. The third-order valence-corrected chi connectivity index (χ3v) is 6.81.